The molecule has 3 rings (SSSR count). The van der Waals surface area contributed by atoms with Gasteiger partial charge in [-0.1, -0.05) is 36.4 Å². The van der Waals surface area contributed by atoms with E-state index in [0.717, 1.165) is 16.4 Å². The number of nitro benzene ring substituents is 1. The summed E-state index contributed by atoms with van der Waals surface area (Å²) >= 11 is 0. The van der Waals surface area contributed by atoms with Gasteiger partial charge in [0.1, 0.15) is 6.54 Å². The number of hydrogen-bond donors (Lipinski definition) is 1. The van der Waals surface area contributed by atoms with E-state index in [9.17, 15) is 23.3 Å². The van der Waals surface area contributed by atoms with E-state index >= 15 is 0 Å². The zero-order chi connectivity index (χ0) is 22.3. The molecule has 1 aromatic heterocycles. The fourth-order valence-corrected chi connectivity index (χ4v) is 4.23. The lowest BCUT2D eigenvalue weighted by Gasteiger charge is -2.23. The smallest absolute Gasteiger partial charge is 0.271 e. The second-order valence-corrected chi connectivity index (χ2v) is 7.98. The number of aromatic nitrogens is 1. The lowest BCUT2D eigenvalue weighted by Crippen LogP contribution is -2.39. The SMILES string of the molecule is O=C(CN(c1ccccc1)S(=O)(=O)c1ccccc1[N+](=O)[O-])N/N=C\c1cccnc1. The Balaban J connectivity index is 1.90. The first kappa shape index (κ1) is 21.6. The number of hydrogen-bond acceptors (Lipinski definition) is 7. The van der Waals surface area contributed by atoms with Crippen LogP contribution in [0.25, 0.3) is 0 Å². The molecule has 3 aromatic rings. The molecule has 0 saturated carbocycles. The number of pyridine rings is 1. The number of nitrogens with one attached hydrogen (secondary N) is 1. The van der Waals surface area contributed by atoms with Gasteiger partial charge >= 0.3 is 0 Å². The van der Waals surface area contributed by atoms with Crippen LogP contribution in [0.15, 0.2) is 89.1 Å². The predicted octanol–water partition coefficient (Wildman–Crippen LogP) is 2.34. The maximum atomic E-state index is 13.3. The Kier molecular flexibility index (Phi) is 6.67. The number of carbonyl (C=O) groups excluding carboxylic acids is 1. The van der Waals surface area contributed by atoms with Crippen LogP contribution in [0.1, 0.15) is 5.56 Å². The van der Waals surface area contributed by atoms with Crippen molar-refractivity contribution < 1.29 is 18.1 Å². The monoisotopic (exact) mass is 439 g/mol. The van der Waals surface area contributed by atoms with Crippen molar-refractivity contribution in [3.63, 3.8) is 0 Å². The summed E-state index contributed by atoms with van der Waals surface area (Å²) in [6.07, 6.45) is 4.47. The zero-order valence-electron chi connectivity index (χ0n) is 16.0. The van der Waals surface area contributed by atoms with Crippen molar-refractivity contribution in [2.75, 3.05) is 10.8 Å². The molecule has 0 atom stereocenters. The van der Waals surface area contributed by atoms with Gasteiger partial charge in [0.25, 0.3) is 21.6 Å². The van der Waals surface area contributed by atoms with Gasteiger partial charge in [-0.2, -0.15) is 5.10 Å². The molecule has 0 aliphatic heterocycles. The van der Waals surface area contributed by atoms with Gasteiger partial charge in [0.05, 0.1) is 16.8 Å². The molecule has 0 saturated heterocycles. The highest BCUT2D eigenvalue weighted by atomic mass is 32.2. The van der Waals surface area contributed by atoms with Crippen molar-refractivity contribution >= 4 is 33.5 Å². The van der Waals surface area contributed by atoms with Gasteiger partial charge in [0, 0.05) is 24.0 Å². The number of benzene rings is 2. The standard InChI is InChI=1S/C20H17N5O5S/c26-20(23-22-14-16-7-6-12-21-13-16)15-24(17-8-2-1-3-9-17)31(29,30)19-11-5-4-10-18(19)25(27)28/h1-14H,15H2,(H,23,26)/b22-14-. The van der Waals surface area contributed by atoms with Gasteiger partial charge < -0.3 is 0 Å². The van der Waals surface area contributed by atoms with E-state index in [1.807, 2.05) is 0 Å². The molecule has 0 aliphatic rings. The average molecular weight is 439 g/mol. The van der Waals surface area contributed by atoms with Crippen molar-refractivity contribution in [3.05, 3.63) is 94.8 Å². The van der Waals surface area contributed by atoms with Crippen LogP contribution in [0.4, 0.5) is 11.4 Å². The molecule has 0 spiro atoms. The maximum Gasteiger partial charge on any atom is 0.289 e. The molecule has 0 fully saturated rings. The molecule has 0 aliphatic carbocycles. The first-order chi connectivity index (χ1) is 14.9. The van der Waals surface area contributed by atoms with Gasteiger partial charge in [0.2, 0.25) is 0 Å². The van der Waals surface area contributed by atoms with Crippen molar-refractivity contribution in [1.82, 2.24) is 10.4 Å². The third-order valence-electron chi connectivity index (χ3n) is 4.05. The predicted molar refractivity (Wildman–Crippen MR) is 114 cm³/mol. The van der Waals surface area contributed by atoms with E-state index in [1.54, 1.807) is 36.5 Å². The second-order valence-electron chi connectivity index (χ2n) is 6.15. The van der Waals surface area contributed by atoms with Crippen LogP contribution in [-0.4, -0.2) is 37.0 Å². The molecule has 1 heterocycles. The Bertz CT molecular complexity index is 1200. The van der Waals surface area contributed by atoms with Crippen molar-refractivity contribution in [3.8, 4) is 0 Å². The number of para-hydroxylation sites is 2. The second kappa shape index (κ2) is 9.59. The van der Waals surface area contributed by atoms with Crippen molar-refractivity contribution in [1.29, 1.82) is 0 Å². The van der Waals surface area contributed by atoms with Crippen LogP contribution in [0.5, 0.6) is 0 Å². The van der Waals surface area contributed by atoms with Crippen LogP contribution in [0, 0.1) is 10.1 Å². The minimum atomic E-state index is -4.43. The highest BCUT2D eigenvalue weighted by Gasteiger charge is 2.32. The van der Waals surface area contributed by atoms with E-state index in [4.69, 9.17) is 0 Å². The normalized spacial score (nSPS) is 11.2. The number of rotatable bonds is 8. The number of carbonyl (C=O) groups is 1. The summed E-state index contributed by atoms with van der Waals surface area (Å²) in [6.45, 7) is -0.636. The van der Waals surface area contributed by atoms with E-state index in [2.05, 4.69) is 15.5 Å². The molecule has 1 amide bonds. The third kappa shape index (κ3) is 5.28. The summed E-state index contributed by atoms with van der Waals surface area (Å²) in [5, 5.41) is 15.1. The first-order valence-corrected chi connectivity index (χ1v) is 10.4. The summed E-state index contributed by atoms with van der Waals surface area (Å²) in [5.74, 6) is -0.730. The van der Waals surface area contributed by atoms with Crippen LogP contribution < -0.4 is 9.73 Å². The molecular formula is C20H17N5O5S. The zero-order valence-corrected chi connectivity index (χ0v) is 16.8. The number of anilines is 1. The minimum Gasteiger partial charge on any atom is -0.271 e. The Morgan fingerprint density at radius 2 is 1.81 bits per heavy atom. The van der Waals surface area contributed by atoms with Crippen LogP contribution in [0.3, 0.4) is 0 Å². The molecule has 2 aromatic carbocycles. The summed E-state index contributed by atoms with van der Waals surface area (Å²) in [5.41, 5.74) is 2.48. The Labute approximate surface area is 178 Å². The topological polar surface area (TPSA) is 135 Å². The van der Waals surface area contributed by atoms with Gasteiger partial charge in [0.15, 0.2) is 4.90 Å². The molecule has 158 valence electrons. The fourth-order valence-electron chi connectivity index (χ4n) is 2.65. The molecular weight excluding hydrogens is 422 g/mol. The lowest BCUT2D eigenvalue weighted by molar-refractivity contribution is -0.387. The van der Waals surface area contributed by atoms with E-state index in [0.29, 0.717) is 5.56 Å². The first-order valence-electron chi connectivity index (χ1n) is 8.93. The molecule has 1 N–H and O–H groups in total. The molecule has 10 nitrogen and oxygen atoms in total. The van der Waals surface area contributed by atoms with Crippen LogP contribution >= 0.6 is 0 Å². The number of sulfonamides is 1. The quantitative estimate of drug-likeness (QED) is 0.325. The Morgan fingerprint density at radius 3 is 2.48 bits per heavy atom. The third-order valence-corrected chi connectivity index (χ3v) is 5.87. The van der Waals surface area contributed by atoms with Gasteiger partial charge in [-0.15, -0.1) is 0 Å². The van der Waals surface area contributed by atoms with Gasteiger partial charge in [-0.05, 0) is 24.3 Å². The summed E-state index contributed by atoms with van der Waals surface area (Å²) in [7, 11) is -4.43. The largest absolute Gasteiger partial charge is 0.289 e. The minimum absolute atomic E-state index is 0.173. The number of nitro groups is 1. The average Bonchev–Trinajstić information content (AvgIpc) is 2.78. The highest BCUT2D eigenvalue weighted by Crippen LogP contribution is 2.29. The number of nitrogens with zero attached hydrogens (tertiary/aromatic N) is 4. The summed E-state index contributed by atoms with van der Waals surface area (Å²) < 4.78 is 27.4. The van der Waals surface area contributed by atoms with E-state index in [1.165, 1.54) is 36.7 Å². The van der Waals surface area contributed by atoms with Gasteiger partial charge in [-0.25, -0.2) is 13.8 Å². The number of hydrazone groups is 1. The lowest BCUT2D eigenvalue weighted by atomic mass is 10.3. The fraction of sp³-hybridized carbons (Fsp3) is 0.0500. The number of amides is 1. The molecule has 11 heteroatoms. The molecule has 0 radical (unpaired) electrons. The van der Waals surface area contributed by atoms with E-state index in [-0.39, 0.29) is 5.69 Å². The van der Waals surface area contributed by atoms with Crippen LogP contribution in [0.2, 0.25) is 0 Å². The van der Waals surface area contributed by atoms with Gasteiger partial charge in [-0.3, -0.25) is 24.2 Å². The molecule has 0 unspecified atom stereocenters. The summed E-state index contributed by atoms with van der Waals surface area (Å²) in [6, 6.07) is 16.2. The summed E-state index contributed by atoms with van der Waals surface area (Å²) in [4.78, 5) is 26.4. The Morgan fingerprint density at radius 1 is 1.10 bits per heavy atom. The van der Waals surface area contributed by atoms with Crippen molar-refractivity contribution in [2.24, 2.45) is 5.10 Å². The Hall–Kier alpha value is -4.12. The van der Waals surface area contributed by atoms with E-state index < -0.39 is 38.0 Å². The van der Waals surface area contributed by atoms with Crippen molar-refractivity contribution in [2.45, 2.75) is 4.90 Å². The molecule has 0 bridgehead atoms. The maximum absolute atomic E-state index is 13.3. The molecule has 31 heavy (non-hydrogen) atoms. The highest BCUT2D eigenvalue weighted by molar-refractivity contribution is 7.93. The van der Waals surface area contributed by atoms with Crippen LogP contribution in [-0.2, 0) is 14.8 Å².